The first-order valence-electron chi connectivity index (χ1n) is 12.0. The summed E-state index contributed by atoms with van der Waals surface area (Å²) in [5, 5.41) is 6.59. The standard InChI is InChI=1S/C25H35IN6O3Si/c1-27-31-26-29-13-12-20-10-11-22-23(16-20)32(19-34-14-15-36(2,3)4)24(30-22)17-28-25(33)35-18-21-8-6-5-7-9-21/h5-11,16H,12-15,17-19H2,1-4H3,(H,28,33). The third-order valence-electron chi connectivity index (χ3n) is 5.36. The van der Waals surface area contributed by atoms with Crippen LogP contribution >= 0.6 is 21.3 Å². The number of halogens is 1. The van der Waals surface area contributed by atoms with Crippen LogP contribution in [0.2, 0.25) is 25.7 Å². The first-order chi connectivity index (χ1) is 17.4. The van der Waals surface area contributed by atoms with Crippen LogP contribution < -0.4 is 5.32 Å². The van der Waals surface area contributed by atoms with Gasteiger partial charge in [-0.05, 0) is 35.7 Å². The number of nitrogens with zero attached hydrogens (tertiary/aromatic N) is 5. The fourth-order valence-corrected chi connectivity index (χ4v) is 4.92. The predicted molar refractivity (Wildman–Crippen MR) is 153 cm³/mol. The average molecular weight is 623 g/mol. The molecule has 0 unspecified atom stereocenters. The van der Waals surface area contributed by atoms with Gasteiger partial charge in [-0.1, -0.05) is 56.0 Å². The van der Waals surface area contributed by atoms with Crippen molar-refractivity contribution in [2.24, 2.45) is 11.6 Å². The van der Waals surface area contributed by atoms with Gasteiger partial charge in [0.05, 0.1) is 24.1 Å². The maximum Gasteiger partial charge on any atom is 0.407 e. The smallest absolute Gasteiger partial charge is 0.407 e. The van der Waals surface area contributed by atoms with E-state index < -0.39 is 35.5 Å². The molecule has 0 saturated carbocycles. The SMILES string of the molecule is CN=NI=NCCc1ccc2nc(CNC(=O)OCc3ccccc3)n(COCC[Si](C)(C)C)c2c1. The second-order valence-corrected chi connectivity index (χ2v) is 16.7. The van der Waals surface area contributed by atoms with Crippen molar-refractivity contribution in [1.82, 2.24) is 14.9 Å². The first kappa shape index (κ1) is 28.1. The Bertz CT molecular complexity index is 1180. The molecule has 0 saturated heterocycles. The molecule has 0 aliphatic rings. The van der Waals surface area contributed by atoms with Crippen LogP contribution in [0.3, 0.4) is 0 Å². The first-order valence-corrected chi connectivity index (χ1v) is 17.6. The zero-order valence-electron chi connectivity index (χ0n) is 21.4. The number of nitrogens with one attached hydrogen (secondary N) is 1. The zero-order valence-corrected chi connectivity index (χ0v) is 24.6. The fraction of sp³-hybridized carbons (Fsp3) is 0.440. The molecule has 36 heavy (non-hydrogen) atoms. The van der Waals surface area contributed by atoms with E-state index in [0.29, 0.717) is 13.3 Å². The van der Waals surface area contributed by atoms with E-state index in [1.807, 2.05) is 41.0 Å². The van der Waals surface area contributed by atoms with Crippen molar-refractivity contribution >= 4 is 46.5 Å². The molecule has 0 radical (unpaired) electrons. The molecule has 0 aliphatic heterocycles. The van der Waals surface area contributed by atoms with Crippen LogP contribution in [0.25, 0.3) is 11.0 Å². The lowest BCUT2D eigenvalue weighted by atomic mass is 10.1. The molecule has 0 aliphatic carbocycles. The molecule has 0 bridgehead atoms. The van der Waals surface area contributed by atoms with E-state index in [2.05, 4.69) is 48.7 Å². The Labute approximate surface area is 224 Å². The Morgan fingerprint density at radius 1 is 1.14 bits per heavy atom. The van der Waals surface area contributed by atoms with E-state index in [-0.39, 0.29) is 13.2 Å². The molecule has 1 amide bonds. The number of imidazole rings is 1. The lowest BCUT2D eigenvalue weighted by Gasteiger charge is -2.16. The van der Waals surface area contributed by atoms with E-state index in [9.17, 15) is 4.79 Å². The Morgan fingerprint density at radius 2 is 1.94 bits per heavy atom. The van der Waals surface area contributed by atoms with E-state index in [4.69, 9.17) is 14.5 Å². The summed E-state index contributed by atoms with van der Waals surface area (Å²) < 4.78 is 21.9. The molecule has 1 N–H and O–H groups in total. The second kappa shape index (κ2) is 14.3. The largest absolute Gasteiger partial charge is 0.445 e. The van der Waals surface area contributed by atoms with Crippen molar-refractivity contribution in [3.05, 3.63) is 65.5 Å². The maximum atomic E-state index is 12.3. The minimum atomic E-state index is -1.19. The lowest BCUT2D eigenvalue weighted by molar-refractivity contribution is 0.0873. The number of alkyl carbamates (subject to hydrolysis) is 1. The molecule has 1 heterocycles. The normalized spacial score (nSPS) is 12.3. The highest BCUT2D eigenvalue weighted by molar-refractivity contribution is 14.1. The van der Waals surface area contributed by atoms with Gasteiger partial charge in [0, 0.05) is 21.7 Å². The quantitative estimate of drug-likeness (QED) is 0.102. The summed E-state index contributed by atoms with van der Waals surface area (Å²) in [6, 6.07) is 16.9. The highest BCUT2D eigenvalue weighted by Gasteiger charge is 2.15. The molecule has 0 spiro atoms. The van der Waals surface area contributed by atoms with Gasteiger partial charge in [-0.15, -0.1) is 3.33 Å². The van der Waals surface area contributed by atoms with Crippen molar-refractivity contribution in [2.75, 3.05) is 20.2 Å². The zero-order chi connectivity index (χ0) is 25.8. The van der Waals surface area contributed by atoms with Gasteiger partial charge in [-0.25, -0.2) is 12.9 Å². The van der Waals surface area contributed by atoms with Crippen LogP contribution in [0.15, 0.2) is 60.1 Å². The third-order valence-corrected chi connectivity index (χ3v) is 8.48. The summed E-state index contributed by atoms with van der Waals surface area (Å²) in [6.45, 7) is 9.28. The molecule has 2 aromatic carbocycles. The van der Waals surface area contributed by atoms with Crippen molar-refractivity contribution < 1.29 is 14.3 Å². The molecule has 0 atom stereocenters. The van der Waals surface area contributed by atoms with Gasteiger partial charge < -0.3 is 19.4 Å². The fourth-order valence-electron chi connectivity index (χ4n) is 3.38. The summed E-state index contributed by atoms with van der Waals surface area (Å²) >= 11 is -0.565. The number of carbonyl (C=O) groups excluding carboxylic acids is 1. The lowest BCUT2D eigenvalue weighted by Crippen LogP contribution is -2.26. The second-order valence-electron chi connectivity index (χ2n) is 9.49. The Kier molecular flexibility index (Phi) is 11.1. The minimum Gasteiger partial charge on any atom is -0.445 e. The van der Waals surface area contributed by atoms with Gasteiger partial charge in [-0.2, -0.15) is 5.11 Å². The van der Waals surface area contributed by atoms with E-state index in [0.717, 1.165) is 41.4 Å². The van der Waals surface area contributed by atoms with Crippen LogP contribution in [0.1, 0.15) is 17.0 Å². The minimum absolute atomic E-state index is 0.221. The Hall–Kier alpha value is -2.51. The number of aromatic nitrogens is 2. The predicted octanol–water partition coefficient (Wildman–Crippen LogP) is 6.47. The summed E-state index contributed by atoms with van der Waals surface area (Å²) in [5.41, 5.74) is 3.97. The van der Waals surface area contributed by atoms with Gasteiger partial charge in [0.2, 0.25) is 0 Å². The summed E-state index contributed by atoms with van der Waals surface area (Å²) in [4.78, 5) is 17.1. The molecule has 3 aromatic rings. The highest BCUT2D eigenvalue weighted by Crippen LogP contribution is 2.20. The molecule has 11 heteroatoms. The third kappa shape index (κ3) is 9.51. The highest BCUT2D eigenvalue weighted by atomic mass is 127. The van der Waals surface area contributed by atoms with Gasteiger partial charge in [0.15, 0.2) is 21.3 Å². The summed E-state index contributed by atoms with van der Waals surface area (Å²) in [6.07, 6.45) is 0.350. The number of ether oxygens (including phenoxy) is 2. The van der Waals surface area contributed by atoms with E-state index in [1.54, 1.807) is 7.05 Å². The number of fused-ring (bicyclic) bond motifs is 1. The van der Waals surface area contributed by atoms with E-state index >= 15 is 0 Å². The molecule has 9 nitrogen and oxygen atoms in total. The maximum absolute atomic E-state index is 12.3. The molecule has 1 aromatic heterocycles. The number of rotatable bonds is 13. The van der Waals surface area contributed by atoms with Crippen molar-refractivity contribution in [1.29, 1.82) is 0 Å². The molecule has 3 rings (SSSR count). The van der Waals surface area contributed by atoms with Gasteiger partial charge in [-0.3, -0.25) is 0 Å². The number of carbonyl (C=O) groups is 1. The number of hydrogen-bond donors (Lipinski definition) is 1. The number of amides is 1. The monoisotopic (exact) mass is 622 g/mol. The van der Waals surface area contributed by atoms with E-state index in [1.165, 1.54) is 5.56 Å². The molecule has 194 valence electrons. The molecular formula is C25H35IN6O3Si. The van der Waals surface area contributed by atoms with Gasteiger partial charge in [0.25, 0.3) is 0 Å². The van der Waals surface area contributed by atoms with Crippen LogP contribution in [-0.2, 0) is 35.8 Å². The van der Waals surface area contributed by atoms with Crippen molar-refractivity contribution in [2.45, 2.75) is 52.0 Å². The molecule has 0 fully saturated rings. The average Bonchev–Trinajstić information content (AvgIpc) is 3.20. The van der Waals surface area contributed by atoms with Gasteiger partial charge in [0.1, 0.15) is 19.2 Å². The van der Waals surface area contributed by atoms with Crippen LogP contribution in [-0.4, -0.2) is 43.9 Å². The van der Waals surface area contributed by atoms with Gasteiger partial charge >= 0.3 is 6.09 Å². The summed E-state index contributed by atoms with van der Waals surface area (Å²) in [7, 11) is 0.479. The van der Waals surface area contributed by atoms with Crippen molar-refractivity contribution in [3.63, 3.8) is 0 Å². The topological polar surface area (TPSA) is 102 Å². The Balaban J connectivity index is 1.69. The summed E-state index contributed by atoms with van der Waals surface area (Å²) in [5.74, 6) is 0.728. The molecular weight excluding hydrogens is 587 g/mol. The van der Waals surface area contributed by atoms with Crippen LogP contribution in [0, 0.1) is 0 Å². The number of benzene rings is 2. The van der Waals surface area contributed by atoms with Crippen LogP contribution in [0.5, 0.6) is 0 Å². The Morgan fingerprint density at radius 3 is 2.69 bits per heavy atom. The number of hydrogen-bond acceptors (Lipinski definition) is 6. The van der Waals surface area contributed by atoms with Crippen LogP contribution in [0.4, 0.5) is 4.79 Å². The van der Waals surface area contributed by atoms with Crippen molar-refractivity contribution in [3.8, 4) is 0 Å².